The molecule has 6 heteroatoms. The van der Waals surface area contributed by atoms with E-state index in [4.69, 9.17) is 0 Å². The molecule has 0 aromatic carbocycles. The Morgan fingerprint density at radius 2 is 2.04 bits per heavy atom. The molecule has 2 bridgehead atoms. The van der Waals surface area contributed by atoms with Gasteiger partial charge < -0.3 is 5.11 Å². The van der Waals surface area contributed by atoms with Crippen molar-refractivity contribution in [1.29, 1.82) is 0 Å². The van der Waals surface area contributed by atoms with Crippen molar-refractivity contribution in [2.75, 3.05) is 5.75 Å². The third-order valence-electron chi connectivity index (χ3n) is 6.92. The van der Waals surface area contributed by atoms with E-state index in [2.05, 4.69) is 13.8 Å². The van der Waals surface area contributed by atoms with Gasteiger partial charge in [0.1, 0.15) is 0 Å². The van der Waals surface area contributed by atoms with Crippen LogP contribution >= 0.6 is 0 Å². The molecule has 3 aliphatic rings. The van der Waals surface area contributed by atoms with Crippen LogP contribution in [0, 0.1) is 22.7 Å². The first kappa shape index (κ1) is 17.0. The number of carbonyl (C=O) groups is 1. The largest absolute Gasteiger partial charge is 0.388 e. The summed E-state index contributed by atoms with van der Waals surface area (Å²) in [5, 5.41) is 10.1. The maximum absolute atomic E-state index is 12.9. The smallest absolute Gasteiger partial charge is 0.242 e. The third kappa shape index (κ3) is 2.07. The molecule has 2 aliphatic carbocycles. The van der Waals surface area contributed by atoms with Crippen molar-refractivity contribution >= 4 is 15.9 Å². The SMILES string of the molecule is CC=C[C@@H](O)[C@@H](C)C(=O)N1[C@H]2CC3CC[C@@]2(CS1(=O)=O)C3(C)C. The molecular weight excluding hydrogens is 314 g/mol. The zero-order chi connectivity index (χ0) is 17.2. The van der Waals surface area contributed by atoms with E-state index in [1.54, 1.807) is 19.9 Å². The Morgan fingerprint density at radius 1 is 1.39 bits per heavy atom. The molecule has 0 aromatic heterocycles. The lowest BCUT2D eigenvalue weighted by Gasteiger charge is -2.37. The summed E-state index contributed by atoms with van der Waals surface area (Å²) in [6, 6.07) is -0.228. The second kappa shape index (κ2) is 5.06. The summed E-state index contributed by atoms with van der Waals surface area (Å²) in [5.41, 5.74) is -0.359. The lowest BCUT2D eigenvalue weighted by molar-refractivity contribution is -0.135. The van der Waals surface area contributed by atoms with Crippen molar-refractivity contribution in [2.24, 2.45) is 22.7 Å². The predicted octanol–water partition coefficient (Wildman–Crippen LogP) is 1.93. The predicted molar refractivity (Wildman–Crippen MR) is 88.0 cm³/mol. The van der Waals surface area contributed by atoms with Crippen LogP contribution in [0.4, 0.5) is 0 Å². The topological polar surface area (TPSA) is 74.7 Å². The molecular formula is C17H27NO4S. The molecule has 1 unspecified atom stereocenters. The number of hydrogen-bond acceptors (Lipinski definition) is 4. The van der Waals surface area contributed by atoms with E-state index < -0.39 is 28.0 Å². The zero-order valence-corrected chi connectivity index (χ0v) is 15.1. The summed E-state index contributed by atoms with van der Waals surface area (Å²) in [4.78, 5) is 12.9. The van der Waals surface area contributed by atoms with E-state index >= 15 is 0 Å². The normalized spacial score (nSPS) is 39.6. The molecule has 0 radical (unpaired) electrons. The van der Waals surface area contributed by atoms with E-state index in [9.17, 15) is 18.3 Å². The van der Waals surface area contributed by atoms with Crippen molar-refractivity contribution < 1.29 is 18.3 Å². The molecule has 5 nitrogen and oxygen atoms in total. The minimum absolute atomic E-state index is 0.0507. The summed E-state index contributed by atoms with van der Waals surface area (Å²) < 4.78 is 26.7. The third-order valence-corrected chi connectivity index (χ3v) is 8.83. The van der Waals surface area contributed by atoms with Gasteiger partial charge in [-0.05, 0) is 37.5 Å². The number of sulfonamides is 1. The van der Waals surface area contributed by atoms with Crippen molar-refractivity contribution in [1.82, 2.24) is 4.31 Å². The molecule has 1 aliphatic heterocycles. The molecule has 1 spiro atoms. The lowest BCUT2D eigenvalue weighted by atomic mass is 9.69. The number of carbonyl (C=O) groups excluding carboxylic acids is 1. The molecule has 1 amide bonds. The number of amides is 1. The van der Waals surface area contributed by atoms with Gasteiger partial charge in [0, 0.05) is 5.41 Å². The first-order valence-electron chi connectivity index (χ1n) is 8.45. The molecule has 2 saturated carbocycles. The van der Waals surface area contributed by atoms with Gasteiger partial charge in [-0.15, -0.1) is 0 Å². The summed E-state index contributed by atoms with van der Waals surface area (Å²) in [6.07, 6.45) is 4.96. The van der Waals surface area contributed by atoms with Crippen molar-refractivity contribution in [3.8, 4) is 0 Å². The van der Waals surface area contributed by atoms with Gasteiger partial charge >= 0.3 is 0 Å². The highest BCUT2D eigenvalue weighted by molar-refractivity contribution is 7.90. The number of rotatable bonds is 3. The van der Waals surface area contributed by atoms with Crippen LogP contribution in [0.2, 0.25) is 0 Å². The number of aliphatic hydroxyl groups is 1. The van der Waals surface area contributed by atoms with Gasteiger partial charge in [0.05, 0.1) is 23.8 Å². The van der Waals surface area contributed by atoms with Crippen LogP contribution in [0.3, 0.4) is 0 Å². The van der Waals surface area contributed by atoms with Gasteiger partial charge in [-0.3, -0.25) is 4.79 Å². The number of hydrogen-bond donors (Lipinski definition) is 1. The Balaban J connectivity index is 1.96. The lowest BCUT2D eigenvalue weighted by Crippen LogP contribution is -2.47. The highest BCUT2D eigenvalue weighted by atomic mass is 32.2. The summed E-state index contributed by atoms with van der Waals surface area (Å²) >= 11 is 0. The number of allylic oxidation sites excluding steroid dienone is 1. The van der Waals surface area contributed by atoms with Gasteiger partial charge in [-0.1, -0.05) is 32.9 Å². The Kier molecular flexibility index (Phi) is 3.73. The van der Waals surface area contributed by atoms with Crippen molar-refractivity contribution in [3.05, 3.63) is 12.2 Å². The molecule has 5 atom stereocenters. The van der Waals surface area contributed by atoms with Gasteiger partial charge in [0.15, 0.2) is 0 Å². The molecule has 23 heavy (non-hydrogen) atoms. The van der Waals surface area contributed by atoms with Crippen LogP contribution in [-0.2, 0) is 14.8 Å². The van der Waals surface area contributed by atoms with Crippen molar-refractivity contribution in [3.63, 3.8) is 0 Å². The fraction of sp³-hybridized carbons (Fsp3) is 0.824. The minimum Gasteiger partial charge on any atom is -0.388 e. The van der Waals surface area contributed by atoms with E-state index in [-0.39, 0.29) is 22.6 Å². The van der Waals surface area contributed by atoms with Crippen LogP contribution in [0.25, 0.3) is 0 Å². The fourth-order valence-electron chi connectivity index (χ4n) is 5.29. The minimum atomic E-state index is -3.61. The number of aliphatic hydroxyl groups excluding tert-OH is 1. The fourth-order valence-corrected chi connectivity index (χ4v) is 7.90. The van der Waals surface area contributed by atoms with Crippen molar-refractivity contribution in [2.45, 2.75) is 59.1 Å². The van der Waals surface area contributed by atoms with E-state index in [1.807, 2.05) is 0 Å². The van der Waals surface area contributed by atoms with Crippen LogP contribution in [0.5, 0.6) is 0 Å². The molecule has 0 aromatic rings. The first-order chi connectivity index (χ1) is 10.6. The Hall–Kier alpha value is -0.880. The Bertz CT molecular complexity index is 654. The van der Waals surface area contributed by atoms with Gasteiger partial charge in [-0.25, -0.2) is 12.7 Å². The van der Waals surface area contributed by atoms with Gasteiger partial charge in [-0.2, -0.15) is 0 Å². The molecule has 3 rings (SSSR count). The average molecular weight is 341 g/mol. The van der Waals surface area contributed by atoms with Gasteiger partial charge in [0.25, 0.3) is 0 Å². The highest BCUT2D eigenvalue weighted by Gasteiger charge is 2.72. The standard InChI is InChI=1S/C17H27NO4S/c1-5-6-13(19)11(2)15(20)18-14-9-12-7-8-17(14,16(12,3)4)10-23(18,21)22/h5-6,11-14,19H,7-10H2,1-4H3/t11-,12?,13-,14+,17+/m1/s1. The number of nitrogens with zero attached hydrogens (tertiary/aromatic N) is 1. The number of fused-ring (bicyclic) bond motifs is 1. The van der Waals surface area contributed by atoms with Crippen LogP contribution in [0.1, 0.15) is 47.0 Å². The van der Waals surface area contributed by atoms with E-state index in [0.717, 1.165) is 23.6 Å². The molecule has 1 N–H and O–H groups in total. The van der Waals surface area contributed by atoms with Crippen LogP contribution in [0.15, 0.2) is 12.2 Å². The van der Waals surface area contributed by atoms with Crippen LogP contribution in [-0.4, -0.2) is 41.6 Å². The molecule has 130 valence electrons. The van der Waals surface area contributed by atoms with Gasteiger partial charge in [0.2, 0.25) is 15.9 Å². The quantitative estimate of drug-likeness (QED) is 0.796. The average Bonchev–Trinajstić information content (AvgIpc) is 2.93. The van der Waals surface area contributed by atoms with Crippen LogP contribution < -0.4 is 0 Å². The molecule has 3 fully saturated rings. The second-order valence-corrected chi connectivity index (χ2v) is 9.91. The zero-order valence-electron chi connectivity index (χ0n) is 14.3. The first-order valence-corrected chi connectivity index (χ1v) is 10.1. The molecule has 1 heterocycles. The Morgan fingerprint density at radius 3 is 2.61 bits per heavy atom. The maximum atomic E-state index is 12.9. The second-order valence-electron chi connectivity index (χ2n) is 8.06. The highest BCUT2D eigenvalue weighted by Crippen LogP contribution is 2.70. The van der Waals surface area contributed by atoms with E-state index in [0.29, 0.717) is 5.92 Å². The monoisotopic (exact) mass is 341 g/mol. The summed E-state index contributed by atoms with van der Waals surface area (Å²) in [5.74, 6) is -0.653. The Labute approximate surface area is 138 Å². The van der Waals surface area contributed by atoms with E-state index in [1.165, 1.54) is 6.08 Å². The summed E-state index contributed by atoms with van der Waals surface area (Å²) in [6.45, 7) is 7.69. The summed E-state index contributed by atoms with van der Waals surface area (Å²) in [7, 11) is -3.61. The maximum Gasteiger partial charge on any atom is 0.242 e. The molecule has 1 saturated heterocycles.